The summed E-state index contributed by atoms with van der Waals surface area (Å²) < 4.78 is 0. The van der Waals surface area contributed by atoms with Gasteiger partial charge in [-0.3, -0.25) is 0 Å². The van der Waals surface area contributed by atoms with E-state index >= 15 is 0 Å². The van der Waals surface area contributed by atoms with Crippen molar-refractivity contribution in [3.63, 3.8) is 0 Å². The Morgan fingerprint density at radius 1 is 0.744 bits per heavy atom. The van der Waals surface area contributed by atoms with Crippen molar-refractivity contribution >= 4 is 45.6 Å². The number of aryl methyl sites for hydroxylation is 2. The molecule has 208 valence electrons. The highest BCUT2D eigenvalue weighted by Crippen LogP contribution is 2.23. The first-order chi connectivity index (χ1) is 18.9. The smallest absolute Gasteiger partial charge is 0.225 e. The van der Waals surface area contributed by atoms with Crippen molar-refractivity contribution in [2.75, 3.05) is 41.4 Å². The van der Waals surface area contributed by atoms with E-state index < -0.39 is 0 Å². The van der Waals surface area contributed by atoms with Crippen LogP contribution in [0.2, 0.25) is 0 Å². The van der Waals surface area contributed by atoms with E-state index in [2.05, 4.69) is 52.8 Å². The molecule has 4 aromatic heterocycles. The van der Waals surface area contributed by atoms with Gasteiger partial charge in [-0.2, -0.15) is 9.97 Å². The zero-order chi connectivity index (χ0) is 27.8. The molecule has 0 fully saturated rings. The molecule has 0 aliphatic rings. The summed E-state index contributed by atoms with van der Waals surface area (Å²) >= 11 is 0. The molecule has 12 nitrogen and oxygen atoms in total. The first-order valence-corrected chi connectivity index (χ1v) is 13.4. The standard InChI is InChI=1S/C27H38N10O2/c1-4-7-18(14-38)32-25-23-21(12-10-17(3)31-23)35-27(37-25)29-13-6-5-8-19(15-39)33-24-22-20(34-26(28)36-24)11-9-16(2)30-22/h9-12,18-19,38-39H,4-8,13-15H2,1-3H3,(H3,28,33,34,36)(H2,29,32,35,37)/t18-,19-/m1/s1. The van der Waals surface area contributed by atoms with Crippen LogP contribution in [0, 0.1) is 13.8 Å². The van der Waals surface area contributed by atoms with Crippen LogP contribution in [0.3, 0.4) is 0 Å². The number of nitrogens with two attached hydrogens (primary N) is 1. The van der Waals surface area contributed by atoms with E-state index in [1.54, 1.807) is 0 Å². The molecular formula is C27H38N10O2. The first-order valence-electron chi connectivity index (χ1n) is 13.4. The van der Waals surface area contributed by atoms with Gasteiger partial charge in [0.1, 0.15) is 11.0 Å². The largest absolute Gasteiger partial charge is 0.394 e. The molecule has 0 spiro atoms. The Morgan fingerprint density at radius 2 is 1.33 bits per heavy atom. The topological polar surface area (TPSA) is 180 Å². The third-order valence-corrected chi connectivity index (χ3v) is 6.40. The van der Waals surface area contributed by atoms with Gasteiger partial charge in [-0.15, -0.1) is 0 Å². The molecule has 39 heavy (non-hydrogen) atoms. The van der Waals surface area contributed by atoms with E-state index in [1.165, 1.54) is 0 Å². The molecule has 12 heteroatoms. The number of hydrogen-bond acceptors (Lipinski definition) is 12. The Kier molecular flexibility index (Phi) is 9.55. The average molecular weight is 535 g/mol. The minimum Gasteiger partial charge on any atom is -0.394 e. The fourth-order valence-corrected chi connectivity index (χ4v) is 4.39. The number of unbranched alkanes of at least 4 members (excludes halogenated alkanes) is 1. The van der Waals surface area contributed by atoms with E-state index in [-0.39, 0.29) is 31.2 Å². The Bertz CT molecular complexity index is 1400. The number of aliphatic hydroxyl groups excluding tert-OH is 2. The van der Waals surface area contributed by atoms with Gasteiger partial charge in [0.05, 0.1) is 36.3 Å². The minimum absolute atomic E-state index is 0.0149. The molecule has 0 bridgehead atoms. The van der Waals surface area contributed by atoms with Gasteiger partial charge in [-0.1, -0.05) is 13.3 Å². The van der Waals surface area contributed by atoms with Crippen molar-refractivity contribution in [2.45, 2.75) is 65.0 Å². The van der Waals surface area contributed by atoms with Crippen molar-refractivity contribution in [2.24, 2.45) is 0 Å². The average Bonchev–Trinajstić information content (AvgIpc) is 2.92. The molecule has 0 saturated carbocycles. The van der Waals surface area contributed by atoms with Gasteiger partial charge < -0.3 is 31.9 Å². The highest BCUT2D eigenvalue weighted by atomic mass is 16.3. The summed E-state index contributed by atoms with van der Waals surface area (Å²) in [6.45, 7) is 6.54. The van der Waals surface area contributed by atoms with Gasteiger partial charge in [0, 0.05) is 17.9 Å². The van der Waals surface area contributed by atoms with Crippen molar-refractivity contribution in [3.8, 4) is 0 Å². The maximum atomic E-state index is 9.98. The molecule has 0 amide bonds. The number of nitrogens with one attached hydrogen (secondary N) is 3. The summed E-state index contributed by atoms with van der Waals surface area (Å²) in [7, 11) is 0. The summed E-state index contributed by atoms with van der Waals surface area (Å²) in [5, 5.41) is 29.7. The zero-order valence-corrected chi connectivity index (χ0v) is 22.8. The lowest BCUT2D eigenvalue weighted by Gasteiger charge is -2.19. The minimum atomic E-state index is -0.208. The quantitative estimate of drug-likeness (QED) is 0.130. The lowest BCUT2D eigenvalue weighted by Crippen LogP contribution is -2.25. The van der Waals surface area contributed by atoms with E-state index in [0.717, 1.165) is 49.0 Å². The first kappa shape index (κ1) is 28.1. The summed E-state index contributed by atoms with van der Waals surface area (Å²) in [5.41, 5.74) is 10.3. The van der Waals surface area contributed by atoms with Gasteiger partial charge in [0.2, 0.25) is 11.9 Å². The summed E-state index contributed by atoms with van der Waals surface area (Å²) in [4.78, 5) is 27.0. The Morgan fingerprint density at radius 3 is 1.95 bits per heavy atom. The number of aliphatic hydroxyl groups is 2. The molecular weight excluding hydrogens is 496 g/mol. The number of nitrogens with zero attached hydrogens (tertiary/aromatic N) is 6. The van der Waals surface area contributed by atoms with Crippen LogP contribution in [0.15, 0.2) is 24.3 Å². The number of rotatable bonds is 14. The maximum absolute atomic E-state index is 9.98. The van der Waals surface area contributed by atoms with Crippen LogP contribution in [-0.4, -0.2) is 72.0 Å². The lowest BCUT2D eigenvalue weighted by atomic mass is 10.1. The third kappa shape index (κ3) is 7.36. The van der Waals surface area contributed by atoms with Crippen molar-refractivity contribution in [3.05, 3.63) is 35.7 Å². The monoisotopic (exact) mass is 534 g/mol. The fourth-order valence-electron chi connectivity index (χ4n) is 4.39. The molecule has 4 aromatic rings. The fraction of sp³-hybridized carbons (Fsp3) is 0.481. The second-order valence-electron chi connectivity index (χ2n) is 9.73. The molecule has 0 radical (unpaired) electrons. The normalized spacial score (nSPS) is 12.9. The van der Waals surface area contributed by atoms with E-state index in [0.29, 0.717) is 40.7 Å². The maximum Gasteiger partial charge on any atom is 0.225 e. The van der Waals surface area contributed by atoms with Crippen LogP contribution in [-0.2, 0) is 0 Å². The number of aromatic nitrogens is 6. The Balaban J connectivity index is 1.36. The molecule has 7 N–H and O–H groups in total. The van der Waals surface area contributed by atoms with Gasteiger partial charge in [-0.05, 0) is 63.8 Å². The van der Waals surface area contributed by atoms with Crippen molar-refractivity contribution in [1.82, 2.24) is 29.9 Å². The molecule has 4 rings (SSSR count). The molecule has 0 aliphatic heterocycles. The summed E-state index contributed by atoms with van der Waals surface area (Å²) in [5.74, 6) is 1.80. The number of fused-ring (bicyclic) bond motifs is 2. The summed E-state index contributed by atoms with van der Waals surface area (Å²) in [6, 6.07) is 7.28. The van der Waals surface area contributed by atoms with Crippen molar-refractivity contribution in [1.29, 1.82) is 0 Å². The molecule has 4 heterocycles. The van der Waals surface area contributed by atoms with Crippen LogP contribution >= 0.6 is 0 Å². The van der Waals surface area contributed by atoms with Gasteiger partial charge in [0.25, 0.3) is 0 Å². The second-order valence-corrected chi connectivity index (χ2v) is 9.73. The molecule has 0 unspecified atom stereocenters. The lowest BCUT2D eigenvalue weighted by molar-refractivity contribution is 0.267. The van der Waals surface area contributed by atoms with E-state index in [4.69, 9.17) is 5.73 Å². The number of hydrogen-bond donors (Lipinski definition) is 6. The van der Waals surface area contributed by atoms with Crippen LogP contribution < -0.4 is 21.7 Å². The molecule has 0 saturated heterocycles. The number of anilines is 4. The van der Waals surface area contributed by atoms with E-state index in [1.807, 2.05) is 38.1 Å². The second kappa shape index (κ2) is 13.3. The summed E-state index contributed by atoms with van der Waals surface area (Å²) in [6.07, 6.45) is 4.18. The Labute approximate surface area is 227 Å². The van der Waals surface area contributed by atoms with Gasteiger partial charge in [-0.25, -0.2) is 19.9 Å². The Hall–Kier alpha value is -3.90. The van der Waals surface area contributed by atoms with Crippen LogP contribution in [0.4, 0.5) is 23.5 Å². The van der Waals surface area contributed by atoms with Gasteiger partial charge in [0.15, 0.2) is 11.6 Å². The van der Waals surface area contributed by atoms with Crippen molar-refractivity contribution < 1.29 is 10.2 Å². The highest BCUT2D eigenvalue weighted by molar-refractivity contribution is 5.87. The molecule has 0 aromatic carbocycles. The van der Waals surface area contributed by atoms with Gasteiger partial charge >= 0.3 is 0 Å². The van der Waals surface area contributed by atoms with E-state index in [9.17, 15) is 10.2 Å². The van der Waals surface area contributed by atoms with Crippen LogP contribution in [0.25, 0.3) is 22.1 Å². The molecule has 0 aliphatic carbocycles. The third-order valence-electron chi connectivity index (χ3n) is 6.40. The highest BCUT2D eigenvalue weighted by Gasteiger charge is 2.15. The number of pyridine rings is 2. The molecule has 2 atom stereocenters. The zero-order valence-electron chi connectivity index (χ0n) is 22.8. The predicted molar refractivity (Wildman–Crippen MR) is 155 cm³/mol. The van der Waals surface area contributed by atoms with Crippen LogP contribution in [0.1, 0.15) is 50.4 Å². The predicted octanol–water partition coefficient (Wildman–Crippen LogP) is 3.19. The van der Waals surface area contributed by atoms with Crippen LogP contribution in [0.5, 0.6) is 0 Å². The number of nitrogen functional groups attached to an aromatic ring is 1. The SMILES string of the molecule is CCC[C@H](CO)Nc1nc(NCCCC[C@H](CO)Nc2nc(N)nc3ccc(C)nc23)nc2ccc(C)nc12.